The molecular weight excluding hydrogens is 345 g/mol. The van der Waals surface area contributed by atoms with Gasteiger partial charge in [-0.1, -0.05) is 0 Å². The molecule has 0 unspecified atom stereocenters. The van der Waals surface area contributed by atoms with E-state index in [0.29, 0.717) is 0 Å². The van der Waals surface area contributed by atoms with E-state index in [1.54, 1.807) is 22.7 Å². The fourth-order valence-electron chi connectivity index (χ4n) is 0.775. The second kappa shape index (κ2) is 3.12. The minimum Gasteiger partial charge on any atom is -0.241 e. The molecule has 0 aliphatic rings. The Morgan fingerprint density at radius 2 is 2.30 bits per heavy atom. The van der Waals surface area contributed by atoms with Crippen LogP contribution in [0.15, 0.2) is 11.4 Å². The molecule has 0 N–H and O–H groups in total. The number of fused-ring (bicyclic) bond motifs is 1. The maximum Gasteiger partial charge on any atom is 0.107 e. The summed E-state index contributed by atoms with van der Waals surface area (Å²) in [6.07, 6.45) is 0. The molecule has 0 amide bonds. The van der Waals surface area contributed by atoms with Gasteiger partial charge in [0.05, 0.1) is 10.5 Å². The molecule has 2 aromatic heterocycles. The zero-order valence-electron chi connectivity index (χ0n) is 5.23. The molecule has 10 heavy (non-hydrogen) atoms. The average molecular weight is 350 g/mol. The summed E-state index contributed by atoms with van der Waals surface area (Å²) in [5.41, 5.74) is 1.16. The van der Waals surface area contributed by atoms with Crippen molar-refractivity contribution in [2.45, 2.75) is 6.92 Å². The zero-order chi connectivity index (χ0) is 6.27. The first-order valence-electron chi connectivity index (χ1n) is 2.67. The van der Waals surface area contributed by atoms with Gasteiger partial charge in [0, 0.05) is 21.1 Å². The number of thiazole rings is 1. The first kappa shape index (κ1) is 8.38. The van der Waals surface area contributed by atoms with Gasteiger partial charge in [-0.2, -0.15) is 0 Å². The predicted octanol–water partition coefficient (Wildman–Crippen LogP) is 2.66. The fraction of sp³-hybridized carbons (Fsp3) is 0.167. The van der Waals surface area contributed by atoms with Crippen LogP contribution in [0.25, 0.3) is 9.53 Å². The average Bonchev–Trinajstić information content (AvgIpc) is 2.22. The van der Waals surface area contributed by atoms with Gasteiger partial charge in [0.2, 0.25) is 0 Å². The van der Waals surface area contributed by atoms with Gasteiger partial charge in [-0.15, -0.1) is 22.7 Å². The summed E-state index contributed by atoms with van der Waals surface area (Å²) in [6.45, 7) is 2.04. The number of aromatic nitrogens is 1. The number of nitrogens with zero attached hydrogens (tertiary/aromatic N) is 1. The molecule has 2 rings (SSSR count). The van der Waals surface area contributed by atoms with Gasteiger partial charge in [0.1, 0.15) is 4.01 Å². The molecule has 2 aromatic rings. The summed E-state index contributed by atoms with van der Waals surface area (Å²) in [5.74, 6) is 0. The molecule has 2 heterocycles. The molecule has 0 fully saturated rings. The first-order valence-corrected chi connectivity index (χ1v) is 4.36. The van der Waals surface area contributed by atoms with Crippen molar-refractivity contribution < 1.29 is 21.1 Å². The van der Waals surface area contributed by atoms with Crippen molar-refractivity contribution in [2.24, 2.45) is 0 Å². The summed E-state index contributed by atoms with van der Waals surface area (Å²) in [7, 11) is 0. The van der Waals surface area contributed by atoms with Gasteiger partial charge in [0.15, 0.2) is 0 Å². The number of hydrogen-bond donors (Lipinski definition) is 0. The zero-order valence-corrected chi connectivity index (χ0v) is 9.14. The SMILES string of the molecule is Cc1nc2ccsc2s1.[Pt]. The molecule has 0 saturated heterocycles. The maximum absolute atomic E-state index is 4.30. The van der Waals surface area contributed by atoms with Crippen LogP contribution in [0.2, 0.25) is 0 Å². The standard InChI is InChI=1S/C6H5NS2.Pt/c1-4-7-5-2-3-8-6(5)9-4;/h2-3H,1H3;. The number of rotatable bonds is 0. The van der Waals surface area contributed by atoms with Gasteiger partial charge in [0.25, 0.3) is 0 Å². The summed E-state index contributed by atoms with van der Waals surface area (Å²) in [6, 6.07) is 2.06. The molecule has 4 heteroatoms. The molecule has 0 radical (unpaired) electrons. The van der Waals surface area contributed by atoms with E-state index in [4.69, 9.17) is 0 Å². The van der Waals surface area contributed by atoms with E-state index in [1.165, 1.54) is 4.01 Å². The molecule has 0 aliphatic carbocycles. The summed E-state index contributed by atoms with van der Waals surface area (Å²) in [5, 5.41) is 3.24. The van der Waals surface area contributed by atoms with Crippen molar-refractivity contribution in [3.8, 4) is 0 Å². The Hall–Kier alpha value is 0.278. The van der Waals surface area contributed by atoms with E-state index in [9.17, 15) is 0 Å². The fourth-order valence-corrected chi connectivity index (χ4v) is 2.68. The van der Waals surface area contributed by atoms with Crippen LogP contribution >= 0.6 is 22.7 Å². The number of aryl methyl sites for hydroxylation is 1. The Balaban J connectivity index is 0.000000500. The van der Waals surface area contributed by atoms with E-state index < -0.39 is 0 Å². The third-order valence-electron chi connectivity index (χ3n) is 1.13. The molecule has 0 bridgehead atoms. The van der Waals surface area contributed by atoms with Crippen molar-refractivity contribution in [3.63, 3.8) is 0 Å². The maximum atomic E-state index is 4.30. The van der Waals surface area contributed by atoms with Gasteiger partial charge in [-0.05, 0) is 18.4 Å². The Morgan fingerprint density at radius 3 is 3.00 bits per heavy atom. The predicted molar refractivity (Wildman–Crippen MR) is 42.2 cm³/mol. The Morgan fingerprint density at radius 1 is 1.50 bits per heavy atom. The van der Waals surface area contributed by atoms with Crippen molar-refractivity contribution in [1.82, 2.24) is 4.98 Å². The monoisotopic (exact) mass is 350 g/mol. The van der Waals surface area contributed by atoms with Crippen molar-refractivity contribution in [3.05, 3.63) is 16.5 Å². The number of hydrogen-bond acceptors (Lipinski definition) is 3. The van der Waals surface area contributed by atoms with Crippen LogP contribution < -0.4 is 0 Å². The third kappa shape index (κ3) is 1.31. The van der Waals surface area contributed by atoms with E-state index in [-0.39, 0.29) is 21.1 Å². The van der Waals surface area contributed by atoms with Crippen molar-refractivity contribution in [2.75, 3.05) is 0 Å². The second-order valence-corrected chi connectivity index (χ2v) is 4.20. The van der Waals surface area contributed by atoms with Crippen molar-refractivity contribution in [1.29, 1.82) is 0 Å². The van der Waals surface area contributed by atoms with E-state index >= 15 is 0 Å². The minimum atomic E-state index is 0. The summed E-state index contributed by atoms with van der Waals surface area (Å²) in [4.78, 5) is 4.30. The van der Waals surface area contributed by atoms with E-state index in [2.05, 4.69) is 16.4 Å². The normalized spacial score (nSPS) is 9.70. The topological polar surface area (TPSA) is 12.9 Å². The quantitative estimate of drug-likeness (QED) is 0.712. The first-order chi connectivity index (χ1) is 4.36. The summed E-state index contributed by atoms with van der Waals surface area (Å²) >= 11 is 3.53. The van der Waals surface area contributed by atoms with Crippen LogP contribution in [-0.4, -0.2) is 4.98 Å². The molecular formula is C6H5NPtS2. The molecule has 0 spiro atoms. The van der Waals surface area contributed by atoms with Crippen LogP contribution in [0.5, 0.6) is 0 Å². The third-order valence-corrected chi connectivity index (χ3v) is 3.14. The summed E-state index contributed by atoms with van der Waals surface area (Å²) < 4.78 is 1.34. The molecule has 0 saturated carbocycles. The van der Waals surface area contributed by atoms with Gasteiger partial charge in [-0.3, -0.25) is 0 Å². The Kier molecular flexibility index (Phi) is 2.61. The van der Waals surface area contributed by atoms with Crippen molar-refractivity contribution >= 4 is 32.2 Å². The molecule has 0 atom stereocenters. The van der Waals surface area contributed by atoms with Gasteiger partial charge in [-0.25, -0.2) is 4.98 Å². The van der Waals surface area contributed by atoms with Crippen LogP contribution in [0.3, 0.4) is 0 Å². The van der Waals surface area contributed by atoms with E-state index in [1.807, 2.05) is 6.92 Å². The molecule has 56 valence electrons. The molecule has 0 aromatic carbocycles. The van der Waals surface area contributed by atoms with Crippen LogP contribution in [-0.2, 0) is 21.1 Å². The van der Waals surface area contributed by atoms with Crippen LogP contribution in [0, 0.1) is 6.92 Å². The van der Waals surface area contributed by atoms with Gasteiger partial charge < -0.3 is 0 Å². The van der Waals surface area contributed by atoms with Crippen LogP contribution in [0.4, 0.5) is 0 Å². The molecule has 1 nitrogen and oxygen atoms in total. The van der Waals surface area contributed by atoms with E-state index in [0.717, 1.165) is 10.5 Å². The Bertz CT molecular complexity index is 296. The second-order valence-electron chi connectivity index (χ2n) is 1.83. The minimum absolute atomic E-state index is 0. The van der Waals surface area contributed by atoms with Gasteiger partial charge >= 0.3 is 0 Å². The Labute approximate surface area is 81.4 Å². The number of thiophene rings is 1. The largest absolute Gasteiger partial charge is 0.241 e. The smallest absolute Gasteiger partial charge is 0.107 e. The molecule has 0 aliphatic heterocycles. The van der Waals surface area contributed by atoms with Crippen LogP contribution in [0.1, 0.15) is 5.01 Å².